The fourth-order valence-electron chi connectivity index (χ4n) is 1.01. The third-order valence-corrected chi connectivity index (χ3v) is 4.23. The molecular weight excluding hydrogens is 317 g/mol. The van der Waals surface area contributed by atoms with Gasteiger partial charge >= 0.3 is 0 Å². The summed E-state index contributed by atoms with van der Waals surface area (Å²) in [7, 11) is 0. The second kappa shape index (κ2) is 5.44. The summed E-state index contributed by atoms with van der Waals surface area (Å²) in [6.07, 6.45) is 1.85. The number of tetrazole rings is 1. The average Bonchev–Trinajstić information content (AvgIpc) is 2.61. The molecule has 0 aromatic carbocycles. The maximum Gasteiger partial charge on any atom is 0.230 e. The number of aryl methyl sites for hydroxylation is 1. The van der Waals surface area contributed by atoms with E-state index in [9.17, 15) is 0 Å². The minimum Gasteiger partial charge on any atom is -0.227 e. The van der Waals surface area contributed by atoms with E-state index in [4.69, 9.17) is 58.0 Å². The van der Waals surface area contributed by atoms with Crippen LogP contribution in [0.15, 0.2) is 0 Å². The van der Waals surface area contributed by atoms with E-state index in [1.54, 1.807) is 0 Å². The number of hydrogen-bond acceptors (Lipinski definition) is 3. The first-order valence-electron chi connectivity index (χ1n) is 4.52. The Morgan fingerprint density at radius 2 is 1.81 bits per heavy atom. The molecule has 0 aliphatic carbocycles. The minimum absolute atomic E-state index is 0.129. The molecule has 0 aliphatic heterocycles. The zero-order valence-corrected chi connectivity index (χ0v) is 12.1. The Labute approximate surface area is 118 Å². The van der Waals surface area contributed by atoms with Crippen LogP contribution < -0.4 is 0 Å². The smallest absolute Gasteiger partial charge is 0.227 e. The van der Waals surface area contributed by atoms with E-state index >= 15 is 0 Å². The predicted octanol–water partition coefficient (Wildman–Crippen LogP) is 3.47. The molecule has 16 heavy (non-hydrogen) atoms. The van der Waals surface area contributed by atoms with Crippen molar-refractivity contribution in [1.82, 2.24) is 20.2 Å². The van der Waals surface area contributed by atoms with Gasteiger partial charge in [0.2, 0.25) is 8.13 Å². The van der Waals surface area contributed by atoms with E-state index in [1.165, 1.54) is 4.68 Å². The first-order chi connectivity index (χ1) is 7.30. The summed E-state index contributed by atoms with van der Waals surface area (Å²) >= 11 is 29.0. The predicted molar refractivity (Wildman–Crippen MR) is 66.4 cm³/mol. The number of rotatable bonds is 4. The van der Waals surface area contributed by atoms with E-state index in [0.29, 0.717) is 6.54 Å². The largest absolute Gasteiger partial charge is 0.230 e. The Morgan fingerprint density at radius 1 is 1.19 bits per heavy atom. The van der Waals surface area contributed by atoms with Gasteiger partial charge in [-0.05, 0) is 16.8 Å². The molecule has 1 aromatic rings. The molecule has 0 spiro atoms. The van der Waals surface area contributed by atoms with Gasteiger partial charge in [0.05, 0.1) is 0 Å². The molecule has 0 atom stereocenters. The van der Waals surface area contributed by atoms with Gasteiger partial charge in [0, 0.05) is 6.54 Å². The lowest BCUT2D eigenvalue weighted by Gasteiger charge is -2.25. The zero-order valence-electron chi connectivity index (χ0n) is 8.30. The van der Waals surface area contributed by atoms with E-state index in [-0.39, 0.29) is 5.82 Å². The Bertz CT molecular complexity index is 345. The van der Waals surface area contributed by atoms with Crippen LogP contribution in [0.1, 0.15) is 25.6 Å². The molecule has 92 valence electrons. The molecule has 0 aliphatic rings. The molecule has 0 fully saturated rings. The summed E-state index contributed by atoms with van der Waals surface area (Å²) in [6, 6.07) is 0. The van der Waals surface area contributed by atoms with Crippen molar-refractivity contribution in [3.63, 3.8) is 0 Å². The number of nitrogens with zero attached hydrogens (tertiary/aromatic N) is 4. The quantitative estimate of drug-likeness (QED) is 0.796. The SMILES string of the molecule is CCCCn1nnnc1C(Cl)(Cl)C(Cl)(Cl)Cl. The molecule has 1 heterocycles. The summed E-state index contributed by atoms with van der Waals surface area (Å²) in [5.41, 5.74) is 0. The minimum atomic E-state index is -1.91. The van der Waals surface area contributed by atoms with Gasteiger partial charge in [0.1, 0.15) is 0 Å². The fourth-order valence-corrected chi connectivity index (χ4v) is 1.54. The number of aromatic nitrogens is 4. The standard InChI is InChI=1S/C7H9Cl5N4/c1-2-3-4-16-5(13-14-15-16)6(8,9)7(10,11)12/h2-4H2,1H3. The lowest BCUT2D eigenvalue weighted by molar-refractivity contribution is 0.522. The van der Waals surface area contributed by atoms with Crippen molar-refractivity contribution in [3.05, 3.63) is 5.82 Å². The maximum atomic E-state index is 5.97. The summed E-state index contributed by atoms with van der Waals surface area (Å²) in [5.74, 6) is 0.129. The highest BCUT2D eigenvalue weighted by Gasteiger charge is 2.51. The molecule has 0 N–H and O–H groups in total. The first-order valence-corrected chi connectivity index (χ1v) is 6.41. The van der Waals surface area contributed by atoms with E-state index in [1.807, 2.05) is 6.92 Å². The summed E-state index contributed by atoms with van der Waals surface area (Å²) in [4.78, 5) is 0. The lowest BCUT2D eigenvalue weighted by atomic mass is 10.3. The van der Waals surface area contributed by atoms with Crippen LogP contribution in [0.2, 0.25) is 0 Å². The van der Waals surface area contributed by atoms with Crippen LogP contribution in [0, 0.1) is 0 Å². The van der Waals surface area contributed by atoms with Gasteiger partial charge in [-0.2, -0.15) is 0 Å². The highest BCUT2D eigenvalue weighted by Crippen LogP contribution is 2.51. The van der Waals surface area contributed by atoms with Crippen molar-refractivity contribution in [2.75, 3.05) is 0 Å². The van der Waals surface area contributed by atoms with Crippen molar-refractivity contribution in [1.29, 1.82) is 0 Å². The summed E-state index contributed by atoms with van der Waals surface area (Å²) in [5, 5.41) is 10.9. The highest BCUT2D eigenvalue weighted by molar-refractivity contribution is 6.75. The van der Waals surface area contributed by atoms with Crippen molar-refractivity contribution in [2.24, 2.45) is 0 Å². The topological polar surface area (TPSA) is 43.6 Å². The Morgan fingerprint density at radius 3 is 2.31 bits per heavy atom. The zero-order chi connectivity index (χ0) is 12.4. The van der Waals surface area contributed by atoms with Crippen LogP contribution in [0.3, 0.4) is 0 Å². The number of unbranched alkanes of at least 4 members (excludes halogenated alkanes) is 1. The van der Waals surface area contributed by atoms with Crippen LogP contribution in [0.4, 0.5) is 0 Å². The van der Waals surface area contributed by atoms with Gasteiger partial charge in [-0.3, -0.25) is 0 Å². The Kier molecular flexibility index (Phi) is 4.96. The molecule has 4 nitrogen and oxygen atoms in total. The van der Waals surface area contributed by atoms with Crippen LogP contribution in [0.25, 0.3) is 0 Å². The molecule has 0 saturated heterocycles. The van der Waals surface area contributed by atoms with Crippen molar-refractivity contribution in [3.8, 4) is 0 Å². The van der Waals surface area contributed by atoms with E-state index in [2.05, 4.69) is 15.5 Å². The van der Waals surface area contributed by atoms with Gasteiger partial charge in [0.15, 0.2) is 5.82 Å². The highest BCUT2D eigenvalue weighted by atomic mass is 35.6. The fraction of sp³-hybridized carbons (Fsp3) is 0.857. The number of alkyl halides is 5. The molecule has 0 unspecified atom stereocenters. The van der Waals surface area contributed by atoms with Crippen molar-refractivity contribution < 1.29 is 0 Å². The lowest BCUT2D eigenvalue weighted by Crippen LogP contribution is -2.32. The maximum absolute atomic E-state index is 5.97. The van der Waals surface area contributed by atoms with Crippen molar-refractivity contribution in [2.45, 2.75) is 34.4 Å². The first kappa shape index (κ1) is 14.6. The van der Waals surface area contributed by atoms with Gasteiger partial charge in [0.25, 0.3) is 0 Å². The molecular formula is C7H9Cl5N4. The second-order valence-corrected chi connectivity index (χ2v) is 6.76. The number of halogens is 5. The van der Waals surface area contributed by atoms with Crippen LogP contribution in [-0.2, 0) is 10.9 Å². The Hall–Kier alpha value is 0.520. The molecule has 9 heteroatoms. The second-order valence-electron chi connectivity index (χ2n) is 3.15. The molecule has 0 bridgehead atoms. The monoisotopic (exact) mass is 324 g/mol. The third kappa shape index (κ3) is 3.05. The summed E-state index contributed by atoms with van der Waals surface area (Å²) in [6.45, 7) is 2.61. The molecule has 0 radical (unpaired) electrons. The third-order valence-electron chi connectivity index (χ3n) is 1.89. The van der Waals surface area contributed by atoms with E-state index in [0.717, 1.165) is 12.8 Å². The van der Waals surface area contributed by atoms with Crippen LogP contribution in [-0.4, -0.2) is 24.0 Å². The van der Waals surface area contributed by atoms with Crippen molar-refractivity contribution >= 4 is 58.0 Å². The molecule has 0 amide bonds. The Balaban J connectivity index is 2.99. The van der Waals surface area contributed by atoms with Gasteiger partial charge < -0.3 is 0 Å². The summed E-state index contributed by atoms with van der Waals surface area (Å²) < 4.78 is -2.25. The normalized spacial score (nSPS) is 13.1. The van der Waals surface area contributed by atoms with Crippen LogP contribution >= 0.6 is 58.0 Å². The van der Waals surface area contributed by atoms with E-state index < -0.39 is 8.13 Å². The van der Waals surface area contributed by atoms with Gasteiger partial charge in [-0.1, -0.05) is 71.3 Å². The molecule has 0 saturated carbocycles. The number of hydrogen-bond donors (Lipinski definition) is 0. The van der Waals surface area contributed by atoms with Gasteiger partial charge in [-0.15, -0.1) is 5.10 Å². The van der Waals surface area contributed by atoms with Gasteiger partial charge in [-0.25, -0.2) is 4.68 Å². The molecule has 1 rings (SSSR count). The average molecular weight is 326 g/mol. The van der Waals surface area contributed by atoms with Crippen LogP contribution in [0.5, 0.6) is 0 Å². The molecule has 1 aromatic heterocycles.